The number of aromatic amines is 1. The molecule has 1 aliphatic heterocycles. The molecule has 0 aliphatic carbocycles. The molecule has 2 aromatic rings. The highest BCUT2D eigenvalue weighted by molar-refractivity contribution is 6.30. The first kappa shape index (κ1) is 15.1. The number of morpholine rings is 1. The van der Waals surface area contributed by atoms with Crippen LogP contribution in [-0.2, 0) is 4.74 Å². The summed E-state index contributed by atoms with van der Waals surface area (Å²) >= 11 is 5.87. The number of hydrogen-bond acceptors (Lipinski definition) is 5. The minimum atomic E-state index is -0.386. The molecule has 0 spiro atoms. The van der Waals surface area contributed by atoms with Gasteiger partial charge in [-0.3, -0.25) is 4.79 Å². The number of hydrogen-bond donors (Lipinski definition) is 1. The van der Waals surface area contributed by atoms with E-state index in [1.165, 1.54) is 0 Å². The Hall–Kier alpha value is -1.86. The van der Waals surface area contributed by atoms with Gasteiger partial charge in [-0.1, -0.05) is 25.4 Å². The summed E-state index contributed by atoms with van der Waals surface area (Å²) in [5.41, 5.74) is 0.431. The van der Waals surface area contributed by atoms with E-state index < -0.39 is 0 Å². The third-order valence-electron chi connectivity index (χ3n) is 3.50. The molecule has 3 heterocycles. The van der Waals surface area contributed by atoms with E-state index in [0.29, 0.717) is 42.3 Å². The van der Waals surface area contributed by atoms with Crippen molar-refractivity contribution in [3.05, 3.63) is 34.8 Å². The Morgan fingerprint density at radius 2 is 2.32 bits per heavy atom. The molecule has 1 N–H and O–H groups in total. The van der Waals surface area contributed by atoms with Crippen LogP contribution in [0.15, 0.2) is 16.7 Å². The molecular formula is C14H17ClN4O3. The summed E-state index contributed by atoms with van der Waals surface area (Å²) < 4.78 is 11.1. The minimum Gasteiger partial charge on any atom is -0.423 e. The standard InChI is InChI=1S/C14H17ClN4O3/c1-8(2)12-17-18-13(22-12)11-7-21-4-3-19(11)14(20)10-5-9(15)6-16-10/h5-6,8,11,16H,3-4,7H2,1-2H3/t11-/m0/s1. The van der Waals surface area contributed by atoms with Crippen LogP contribution in [0.2, 0.25) is 5.02 Å². The summed E-state index contributed by atoms with van der Waals surface area (Å²) in [7, 11) is 0. The van der Waals surface area contributed by atoms with Gasteiger partial charge < -0.3 is 19.0 Å². The quantitative estimate of drug-likeness (QED) is 0.937. The van der Waals surface area contributed by atoms with Crippen LogP contribution in [0.3, 0.4) is 0 Å². The number of H-pyrrole nitrogens is 1. The van der Waals surface area contributed by atoms with Gasteiger partial charge in [0.1, 0.15) is 11.7 Å². The lowest BCUT2D eigenvalue weighted by Gasteiger charge is -2.33. The van der Waals surface area contributed by atoms with Crippen molar-refractivity contribution in [2.24, 2.45) is 0 Å². The molecule has 0 bridgehead atoms. The summed E-state index contributed by atoms with van der Waals surface area (Å²) in [6, 6.07) is 1.22. The van der Waals surface area contributed by atoms with Crippen molar-refractivity contribution in [3.63, 3.8) is 0 Å². The van der Waals surface area contributed by atoms with Gasteiger partial charge in [0.05, 0.1) is 18.2 Å². The molecular weight excluding hydrogens is 308 g/mol. The lowest BCUT2D eigenvalue weighted by atomic mass is 10.2. The van der Waals surface area contributed by atoms with E-state index in [1.54, 1.807) is 17.2 Å². The lowest BCUT2D eigenvalue weighted by Crippen LogP contribution is -2.43. The van der Waals surface area contributed by atoms with Crippen molar-refractivity contribution < 1.29 is 13.9 Å². The average molecular weight is 325 g/mol. The molecule has 2 aromatic heterocycles. The third-order valence-corrected chi connectivity index (χ3v) is 3.72. The number of amides is 1. The van der Waals surface area contributed by atoms with E-state index in [1.807, 2.05) is 13.8 Å². The third kappa shape index (κ3) is 2.86. The van der Waals surface area contributed by atoms with E-state index >= 15 is 0 Å². The largest absolute Gasteiger partial charge is 0.423 e. The zero-order chi connectivity index (χ0) is 15.7. The minimum absolute atomic E-state index is 0.136. The monoisotopic (exact) mass is 324 g/mol. The fourth-order valence-corrected chi connectivity index (χ4v) is 2.48. The van der Waals surface area contributed by atoms with Gasteiger partial charge in [0.25, 0.3) is 5.91 Å². The number of nitrogens with zero attached hydrogens (tertiary/aromatic N) is 3. The predicted octanol–water partition coefficient (Wildman–Crippen LogP) is 2.39. The van der Waals surface area contributed by atoms with Crippen LogP contribution >= 0.6 is 11.6 Å². The molecule has 0 aromatic carbocycles. The number of carbonyl (C=O) groups excluding carboxylic acids is 1. The maximum absolute atomic E-state index is 12.6. The van der Waals surface area contributed by atoms with Crippen LogP contribution < -0.4 is 0 Å². The van der Waals surface area contributed by atoms with Crippen LogP contribution in [0.1, 0.15) is 48.1 Å². The highest BCUT2D eigenvalue weighted by Gasteiger charge is 2.34. The first-order valence-electron chi connectivity index (χ1n) is 7.12. The van der Waals surface area contributed by atoms with Gasteiger partial charge in [-0.2, -0.15) is 0 Å². The van der Waals surface area contributed by atoms with Crippen molar-refractivity contribution in [2.75, 3.05) is 19.8 Å². The number of nitrogens with one attached hydrogen (secondary N) is 1. The van der Waals surface area contributed by atoms with Crippen molar-refractivity contribution >= 4 is 17.5 Å². The second kappa shape index (κ2) is 6.10. The molecule has 8 heteroatoms. The zero-order valence-electron chi connectivity index (χ0n) is 12.4. The van der Waals surface area contributed by atoms with Crippen LogP contribution in [0.5, 0.6) is 0 Å². The van der Waals surface area contributed by atoms with Crippen molar-refractivity contribution in [1.82, 2.24) is 20.1 Å². The van der Waals surface area contributed by atoms with Gasteiger partial charge in [0, 0.05) is 18.7 Å². The Balaban J connectivity index is 1.85. The molecule has 0 unspecified atom stereocenters. The highest BCUT2D eigenvalue weighted by atomic mass is 35.5. The van der Waals surface area contributed by atoms with E-state index in [2.05, 4.69) is 15.2 Å². The molecule has 7 nitrogen and oxygen atoms in total. The molecule has 1 amide bonds. The average Bonchev–Trinajstić information content (AvgIpc) is 3.15. The van der Waals surface area contributed by atoms with Crippen molar-refractivity contribution in [2.45, 2.75) is 25.8 Å². The normalized spacial score (nSPS) is 18.9. The number of ether oxygens (including phenoxy) is 1. The van der Waals surface area contributed by atoms with Gasteiger partial charge in [-0.15, -0.1) is 10.2 Å². The van der Waals surface area contributed by atoms with Crippen LogP contribution in [0, 0.1) is 0 Å². The second-order valence-corrected chi connectivity index (χ2v) is 5.89. The van der Waals surface area contributed by atoms with Crippen LogP contribution in [-0.4, -0.2) is 45.7 Å². The van der Waals surface area contributed by atoms with Gasteiger partial charge in [-0.25, -0.2) is 0 Å². The lowest BCUT2D eigenvalue weighted by molar-refractivity contribution is -0.0110. The number of aromatic nitrogens is 3. The van der Waals surface area contributed by atoms with Gasteiger partial charge in [0.15, 0.2) is 0 Å². The van der Waals surface area contributed by atoms with Crippen molar-refractivity contribution in [1.29, 1.82) is 0 Å². The Morgan fingerprint density at radius 1 is 1.50 bits per heavy atom. The van der Waals surface area contributed by atoms with Gasteiger partial charge in [0.2, 0.25) is 11.8 Å². The van der Waals surface area contributed by atoms with Gasteiger partial charge in [-0.05, 0) is 6.07 Å². The molecule has 118 valence electrons. The maximum atomic E-state index is 12.6. The summed E-state index contributed by atoms with van der Waals surface area (Å²) in [6.45, 7) is 5.21. The molecule has 22 heavy (non-hydrogen) atoms. The smallest absolute Gasteiger partial charge is 0.271 e. The highest BCUT2D eigenvalue weighted by Crippen LogP contribution is 2.26. The second-order valence-electron chi connectivity index (χ2n) is 5.45. The van der Waals surface area contributed by atoms with E-state index in [9.17, 15) is 4.79 Å². The molecule has 0 saturated carbocycles. The Bertz CT molecular complexity index is 667. The first-order valence-corrected chi connectivity index (χ1v) is 7.50. The fraction of sp³-hybridized carbons (Fsp3) is 0.500. The van der Waals surface area contributed by atoms with Crippen LogP contribution in [0.25, 0.3) is 0 Å². The summed E-state index contributed by atoms with van der Waals surface area (Å²) in [4.78, 5) is 17.2. The molecule has 0 radical (unpaired) electrons. The Morgan fingerprint density at radius 3 is 2.95 bits per heavy atom. The van der Waals surface area contributed by atoms with Crippen LogP contribution in [0.4, 0.5) is 0 Å². The number of carbonyl (C=O) groups is 1. The van der Waals surface area contributed by atoms with Crippen molar-refractivity contribution in [3.8, 4) is 0 Å². The number of halogens is 1. The molecule has 3 rings (SSSR count). The van der Waals surface area contributed by atoms with Gasteiger partial charge >= 0.3 is 0 Å². The molecule has 1 fully saturated rings. The summed E-state index contributed by atoms with van der Waals surface area (Å²) in [6.07, 6.45) is 1.58. The summed E-state index contributed by atoms with van der Waals surface area (Å²) in [5.74, 6) is 0.923. The Labute approximate surface area is 132 Å². The number of rotatable bonds is 3. The predicted molar refractivity (Wildman–Crippen MR) is 78.8 cm³/mol. The topological polar surface area (TPSA) is 84.3 Å². The fourth-order valence-electron chi connectivity index (χ4n) is 2.31. The molecule has 1 aliphatic rings. The van der Waals surface area contributed by atoms with E-state index in [-0.39, 0.29) is 17.9 Å². The molecule has 1 saturated heterocycles. The zero-order valence-corrected chi connectivity index (χ0v) is 13.1. The SMILES string of the molecule is CC(C)c1nnc([C@@H]2COCCN2C(=O)c2cc(Cl)c[nH]2)o1. The Kier molecular flexibility index (Phi) is 4.17. The van der Waals surface area contributed by atoms with E-state index in [0.717, 1.165) is 0 Å². The maximum Gasteiger partial charge on any atom is 0.271 e. The molecule has 1 atom stereocenters. The first-order chi connectivity index (χ1) is 10.6. The van der Waals surface area contributed by atoms with E-state index in [4.69, 9.17) is 20.8 Å². The summed E-state index contributed by atoms with van der Waals surface area (Å²) in [5, 5.41) is 8.58.